The molecular formula is C12H14ClFN2O2S2. The molecule has 0 aliphatic carbocycles. The third kappa shape index (κ3) is 3.59. The van der Waals surface area contributed by atoms with Crippen molar-refractivity contribution in [2.24, 2.45) is 0 Å². The largest absolute Gasteiger partial charge is 0.348 e. The van der Waals surface area contributed by atoms with Gasteiger partial charge in [-0.15, -0.1) is 0 Å². The number of rotatable bonds is 2. The molecule has 1 heterocycles. The van der Waals surface area contributed by atoms with Crippen molar-refractivity contribution < 1.29 is 12.8 Å². The zero-order valence-electron chi connectivity index (χ0n) is 10.8. The van der Waals surface area contributed by atoms with Gasteiger partial charge in [-0.3, -0.25) is 0 Å². The molecule has 0 unspecified atom stereocenters. The van der Waals surface area contributed by atoms with Crippen LogP contribution in [0.1, 0.15) is 6.42 Å². The van der Waals surface area contributed by atoms with Crippen LogP contribution in [0.25, 0.3) is 0 Å². The highest BCUT2D eigenvalue weighted by Gasteiger charge is 2.31. The zero-order chi connectivity index (χ0) is 14.9. The number of nitrogens with one attached hydrogen (secondary N) is 1. The maximum absolute atomic E-state index is 13.1. The monoisotopic (exact) mass is 336 g/mol. The van der Waals surface area contributed by atoms with E-state index in [9.17, 15) is 12.8 Å². The van der Waals surface area contributed by atoms with Crippen molar-refractivity contribution >= 4 is 44.5 Å². The van der Waals surface area contributed by atoms with Crippen LogP contribution in [0.4, 0.5) is 10.1 Å². The summed E-state index contributed by atoms with van der Waals surface area (Å²) < 4.78 is 36.0. The first-order valence-electron chi connectivity index (χ1n) is 5.98. The maximum Gasteiger partial charge on any atom is 0.173 e. The predicted octanol–water partition coefficient (Wildman–Crippen LogP) is 2.29. The third-order valence-electron chi connectivity index (χ3n) is 3.25. The number of sulfone groups is 1. The van der Waals surface area contributed by atoms with Crippen LogP contribution in [0, 0.1) is 5.82 Å². The molecule has 1 atom stereocenters. The fourth-order valence-corrected chi connectivity index (χ4v) is 4.25. The minimum absolute atomic E-state index is 0.00361. The van der Waals surface area contributed by atoms with Crippen LogP contribution in [0.5, 0.6) is 0 Å². The minimum Gasteiger partial charge on any atom is -0.348 e. The van der Waals surface area contributed by atoms with Gasteiger partial charge in [-0.2, -0.15) is 0 Å². The van der Waals surface area contributed by atoms with E-state index in [4.69, 9.17) is 23.8 Å². The first kappa shape index (κ1) is 15.5. The van der Waals surface area contributed by atoms with Crippen molar-refractivity contribution in [3.05, 3.63) is 29.0 Å². The normalized spacial score (nSPS) is 20.6. The molecule has 1 aliphatic heterocycles. The second-order valence-electron chi connectivity index (χ2n) is 4.73. The van der Waals surface area contributed by atoms with Crippen LogP contribution < -0.4 is 5.32 Å². The number of hydrogen-bond donors (Lipinski definition) is 1. The lowest BCUT2D eigenvalue weighted by Gasteiger charge is -2.26. The van der Waals surface area contributed by atoms with Crippen LogP contribution in [-0.2, 0) is 9.84 Å². The van der Waals surface area contributed by atoms with Crippen molar-refractivity contribution in [1.82, 2.24) is 4.90 Å². The summed E-state index contributed by atoms with van der Waals surface area (Å²) in [6.07, 6.45) is 0.560. The Balaban J connectivity index is 2.02. The highest BCUT2D eigenvalue weighted by atomic mass is 35.5. The molecule has 4 nitrogen and oxygen atoms in total. The number of nitrogens with zero attached hydrogens (tertiary/aromatic N) is 1. The summed E-state index contributed by atoms with van der Waals surface area (Å²) in [5.74, 6) is -0.207. The molecule has 0 spiro atoms. The van der Waals surface area contributed by atoms with Gasteiger partial charge in [0.25, 0.3) is 0 Å². The highest BCUT2D eigenvalue weighted by Crippen LogP contribution is 2.21. The second kappa shape index (κ2) is 5.83. The Morgan fingerprint density at radius 3 is 2.80 bits per heavy atom. The summed E-state index contributed by atoms with van der Waals surface area (Å²) in [6.45, 7) is 0. The molecule has 0 amide bonds. The van der Waals surface area contributed by atoms with Gasteiger partial charge in [0.05, 0.1) is 16.5 Å². The molecular weight excluding hydrogens is 323 g/mol. The summed E-state index contributed by atoms with van der Waals surface area (Å²) in [6, 6.07) is 4.07. The molecule has 2 rings (SSSR count). The van der Waals surface area contributed by atoms with E-state index in [1.165, 1.54) is 18.2 Å². The fourth-order valence-electron chi connectivity index (χ4n) is 2.03. The Morgan fingerprint density at radius 1 is 1.55 bits per heavy atom. The molecule has 1 fully saturated rings. The average Bonchev–Trinajstić information content (AvgIpc) is 2.73. The van der Waals surface area contributed by atoms with E-state index in [1.807, 2.05) is 0 Å². The highest BCUT2D eigenvalue weighted by molar-refractivity contribution is 7.91. The standard InChI is InChI=1S/C12H14ClFN2O2S2/c1-16(9-4-5-20(17,18)7-9)12(19)15-8-2-3-11(14)10(13)6-8/h2-3,6,9H,4-5,7H2,1H3,(H,15,19)/t9-/m0/s1. The third-order valence-corrected chi connectivity index (χ3v) is 5.68. The van der Waals surface area contributed by atoms with Crippen molar-refractivity contribution in [2.45, 2.75) is 12.5 Å². The average molecular weight is 337 g/mol. The fraction of sp³-hybridized carbons (Fsp3) is 0.417. The first-order valence-corrected chi connectivity index (χ1v) is 8.58. The number of hydrogen-bond acceptors (Lipinski definition) is 3. The molecule has 8 heteroatoms. The van der Waals surface area contributed by atoms with Crippen LogP contribution >= 0.6 is 23.8 Å². The Morgan fingerprint density at radius 2 is 2.25 bits per heavy atom. The molecule has 0 saturated carbocycles. The SMILES string of the molecule is CN(C(=S)Nc1ccc(F)c(Cl)c1)[C@H]1CCS(=O)(=O)C1. The molecule has 1 saturated heterocycles. The first-order chi connectivity index (χ1) is 9.28. The van der Waals surface area contributed by atoms with E-state index >= 15 is 0 Å². The van der Waals surface area contributed by atoms with E-state index in [2.05, 4.69) is 5.32 Å². The van der Waals surface area contributed by atoms with Gasteiger partial charge in [0.2, 0.25) is 0 Å². The summed E-state index contributed by atoms with van der Waals surface area (Å²) in [4.78, 5) is 1.72. The summed E-state index contributed by atoms with van der Waals surface area (Å²) >= 11 is 10.9. The van der Waals surface area contributed by atoms with Crippen LogP contribution in [0.2, 0.25) is 5.02 Å². The molecule has 0 bridgehead atoms. The molecule has 1 aromatic rings. The van der Waals surface area contributed by atoms with Crippen LogP contribution in [0.3, 0.4) is 0 Å². The van der Waals surface area contributed by atoms with Crippen molar-refractivity contribution in [3.63, 3.8) is 0 Å². The number of thiocarbonyl (C=S) groups is 1. The molecule has 1 aliphatic rings. The molecule has 0 radical (unpaired) electrons. The Kier molecular flexibility index (Phi) is 4.51. The number of halogens is 2. The lowest BCUT2D eigenvalue weighted by molar-refractivity contribution is 0.402. The van der Waals surface area contributed by atoms with E-state index in [-0.39, 0.29) is 22.6 Å². The topological polar surface area (TPSA) is 49.4 Å². The van der Waals surface area contributed by atoms with Gasteiger partial charge in [-0.05, 0) is 36.8 Å². The molecule has 20 heavy (non-hydrogen) atoms. The zero-order valence-corrected chi connectivity index (χ0v) is 13.2. The van der Waals surface area contributed by atoms with Gasteiger partial charge in [0.15, 0.2) is 14.9 Å². The lowest BCUT2D eigenvalue weighted by Crippen LogP contribution is -2.40. The molecule has 1 N–H and O–H groups in total. The maximum atomic E-state index is 13.1. The minimum atomic E-state index is -2.96. The van der Waals surface area contributed by atoms with E-state index in [1.54, 1.807) is 11.9 Å². The van der Waals surface area contributed by atoms with Gasteiger partial charge in [0, 0.05) is 18.8 Å². The molecule has 0 aromatic heterocycles. The van der Waals surface area contributed by atoms with Gasteiger partial charge < -0.3 is 10.2 Å². The smallest absolute Gasteiger partial charge is 0.173 e. The number of benzene rings is 1. The Labute approximate surface area is 127 Å². The van der Waals surface area contributed by atoms with E-state index < -0.39 is 15.7 Å². The van der Waals surface area contributed by atoms with Crippen molar-refractivity contribution in [3.8, 4) is 0 Å². The predicted molar refractivity (Wildman–Crippen MR) is 82.5 cm³/mol. The van der Waals surface area contributed by atoms with Crippen LogP contribution in [-0.4, -0.2) is 43.0 Å². The quantitative estimate of drug-likeness (QED) is 0.840. The van der Waals surface area contributed by atoms with Crippen molar-refractivity contribution in [1.29, 1.82) is 0 Å². The summed E-state index contributed by atoms with van der Waals surface area (Å²) in [7, 11) is -1.22. The second-order valence-corrected chi connectivity index (χ2v) is 7.75. The Hall–Kier alpha value is -0.920. The van der Waals surface area contributed by atoms with Gasteiger partial charge in [0.1, 0.15) is 5.82 Å². The molecule has 110 valence electrons. The van der Waals surface area contributed by atoms with Gasteiger partial charge in [-0.25, -0.2) is 12.8 Å². The Bertz CT molecular complexity index is 636. The van der Waals surface area contributed by atoms with Crippen LogP contribution in [0.15, 0.2) is 18.2 Å². The number of anilines is 1. The van der Waals surface area contributed by atoms with Crippen molar-refractivity contribution in [2.75, 3.05) is 23.9 Å². The van der Waals surface area contributed by atoms with E-state index in [0.717, 1.165) is 0 Å². The summed E-state index contributed by atoms with van der Waals surface area (Å²) in [5, 5.41) is 3.31. The summed E-state index contributed by atoms with van der Waals surface area (Å²) in [5.41, 5.74) is 0.564. The van der Waals surface area contributed by atoms with Gasteiger partial charge >= 0.3 is 0 Å². The lowest BCUT2D eigenvalue weighted by atomic mass is 10.2. The molecule has 1 aromatic carbocycles. The van der Waals surface area contributed by atoms with Gasteiger partial charge in [-0.1, -0.05) is 11.6 Å². The van der Waals surface area contributed by atoms with E-state index in [0.29, 0.717) is 17.2 Å².